The van der Waals surface area contributed by atoms with Crippen molar-refractivity contribution in [2.45, 2.75) is 19.4 Å². The molecule has 1 aliphatic carbocycles. The third-order valence-electron chi connectivity index (χ3n) is 5.71. The zero-order chi connectivity index (χ0) is 22.5. The molecule has 0 saturated carbocycles. The van der Waals surface area contributed by atoms with Gasteiger partial charge in [-0.3, -0.25) is 19.9 Å². The van der Waals surface area contributed by atoms with Gasteiger partial charge >= 0.3 is 0 Å². The van der Waals surface area contributed by atoms with Crippen molar-refractivity contribution in [2.75, 3.05) is 0 Å². The number of aryl methyl sites for hydroxylation is 1. The van der Waals surface area contributed by atoms with Crippen LogP contribution >= 0.6 is 0 Å². The molecule has 2 aliphatic rings. The van der Waals surface area contributed by atoms with Crippen LogP contribution in [0, 0.1) is 6.92 Å². The van der Waals surface area contributed by atoms with E-state index >= 15 is 0 Å². The van der Waals surface area contributed by atoms with Gasteiger partial charge in [-0.15, -0.1) is 0 Å². The van der Waals surface area contributed by atoms with Crippen LogP contribution in [0.2, 0.25) is 0 Å². The van der Waals surface area contributed by atoms with Crippen molar-refractivity contribution in [3.63, 3.8) is 0 Å². The predicted molar refractivity (Wildman–Crippen MR) is 135 cm³/mol. The largest absolute Gasteiger partial charge is 0.280 e. The third kappa shape index (κ3) is 4.70. The van der Waals surface area contributed by atoms with E-state index in [9.17, 15) is 0 Å². The van der Waals surface area contributed by atoms with Gasteiger partial charge in [-0.05, 0) is 66.0 Å². The van der Waals surface area contributed by atoms with Crippen LogP contribution in [0.15, 0.2) is 120 Å². The van der Waals surface area contributed by atoms with Crippen LogP contribution in [0.3, 0.4) is 0 Å². The Morgan fingerprint density at radius 1 is 0.909 bits per heavy atom. The summed E-state index contributed by atoms with van der Waals surface area (Å²) in [6.07, 6.45) is 27.3. The summed E-state index contributed by atoms with van der Waals surface area (Å²) in [6.45, 7) is 2.09. The molecule has 1 unspecified atom stereocenters. The van der Waals surface area contributed by atoms with Crippen molar-refractivity contribution in [3.05, 3.63) is 132 Å². The fourth-order valence-corrected chi connectivity index (χ4v) is 4.04. The molecule has 0 amide bonds. The van der Waals surface area contributed by atoms with Crippen LogP contribution in [0.25, 0.3) is 16.8 Å². The smallest absolute Gasteiger partial charge is 0.101 e. The molecule has 4 nitrogen and oxygen atoms in total. The zero-order valence-electron chi connectivity index (χ0n) is 18.5. The van der Waals surface area contributed by atoms with E-state index in [0.29, 0.717) is 0 Å². The lowest BCUT2D eigenvalue weighted by molar-refractivity contribution is 0.862. The molecule has 4 heteroatoms. The monoisotopic (exact) mass is 428 g/mol. The molecule has 1 atom stereocenters. The van der Waals surface area contributed by atoms with Gasteiger partial charge in [-0.2, -0.15) is 0 Å². The number of aromatic nitrogens is 3. The summed E-state index contributed by atoms with van der Waals surface area (Å²) >= 11 is 0. The van der Waals surface area contributed by atoms with Crippen LogP contribution in [0.5, 0.6) is 0 Å². The third-order valence-corrected chi connectivity index (χ3v) is 5.71. The van der Waals surface area contributed by atoms with Crippen molar-refractivity contribution in [3.8, 4) is 11.3 Å². The standard InChI is InChI=1S/C29H24N4/c1-21-15-27(20-32-28(21)25-10-6-14-31-18-25)29-23(12-11-22-7-3-2-4-8-22)16-26(19-33-29)24-9-5-13-30-17-24/h3-20,29H,2H2,1H3/b23-12+. The molecule has 160 valence electrons. The highest BCUT2D eigenvalue weighted by Gasteiger charge is 2.20. The van der Waals surface area contributed by atoms with Crippen LogP contribution in [-0.4, -0.2) is 21.2 Å². The average Bonchev–Trinajstić information content (AvgIpc) is 2.89. The highest BCUT2D eigenvalue weighted by molar-refractivity contribution is 6.11. The molecule has 0 saturated heterocycles. The molecule has 5 rings (SSSR count). The average molecular weight is 429 g/mol. The molecule has 3 aromatic rings. The van der Waals surface area contributed by atoms with E-state index in [1.807, 2.05) is 43.0 Å². The maximum atomic E-state index is 4.94. The summed E-state index contributed by atoms with van der Waals surface area (Å²) in [7, 11) is 0. The number of dihydropyridines is 1. The minimum absolute atomic E-state index is 0.118. The number of aliphatic imine (C=N–C) groups is 1. The molecule has 0 aromatic carbocycles. The van der Waals surface area contributed by atoms with Crippen LogP contribution in [0.1, 0.15) is 29.2 Å². The lowest BCUT2D eigenvalue weighted by atomic mass is 9.92. The number of nitrogens with zero attached hydrogens (tertiary/aromatic N) is 4. The molecule has 4 heterocycles. The van der Waals surface area contributed by atoms with Crippen molar-refractivity contribution in [1.29, 1.82) is 0 Å². The molecule has 1 aliphatic heterocycles. The van der Waals surface area contributed by atoms with Crippen molar-refractivity contribution >= 4 is 11.8 Å². The van der Waals surface area contributed by atoms with E-state index < -0.39 is 0 Å². The first-order valence-electron chi connectivity index (χ1n) is 11.0. The summed E-state index contributed by atoms with van der Waals surface area (Å²) in [5, 5.41) is 0. The first-order valence-corrected chi connectivity index (χ1v) is 11.0. The van der Waals surface area contributed by atoms with Gasteiger partial charge in [0.2, 0.25) is 0 Å². The van der Waals surface area contributed by atoms with Crippen molar-refractivity contribution in [1.82, 2.24) is 15.0 Å². The normalized spacial score (nSPS) is 18.5. The summed E-state index contributed by atoms with van der Waals surface area (Å²) in [5.41, 5.74) is 8.54. The summed E-state index contributed by atoms with van der Waals surface area (Å²) in [5.74, 6) is 0. The molecular formula is C29H24N4. The van der Waals surface area contributed by atoms with Gasteiger partial charge in [-0.25, -0.2) is 0 Å². The predicted octanol–water partition coefficient (Wildman–Crippen LogP) is 6.43. The summed E-state index contributed by atoms with van der Waals surface area (Å²) in [4.78, 5) is 18.2. The van der Waals surface area contributed by atoms with Gasteiger partial charge in [0.25, 0.3) is 0 Å². The summed E-state index contributed by atoms with van der Waals surface area (Å²) < 4.78 is 0. The Morgan fingerprint density at radius 2 is 1.67 bits per heavy atom. The highest BCUT2D eigenvalue weighted by Crippen LogP contribution is 2.34. The fraction of sp³-hybridized carbons (Fsp3) is 0.103. The first-order chi connectivity index (χ1) is 16.3. The van der Waals surface area contributed by atoms with Crippen LogP contribution in [0.4, 0.5) is 0 Å². The minimum atomic E-state index is -0.118. The second-order valence-electron chi connectivity index (χ2n) is 8.07. The maximum Gasteiger partial charge on any atom is 0.101 e. The quantitative estimate of drug-likeness (QED) is 0.481. The van der Waals surface area contributed by atoms with Crippen molar-refractivity contribution in [2.24, 2.45) is 4.99 Å². The summed E-state index contributed by atoms with van der Waals surface area (Å²) in [6, 6.07) is 10.0. The number of rotatable bonds is 4. The highest BCUT2D eigenvalue weighted by atomic mass is 14.8. The molecule has 0 fully saturated rings. The Kier molecular flexibility index (Phi) is 5.98. The minimum Gasteiger partial charge on any atom is -0.280 e. The molecule has 3 aromatic heterocycles. The van der Waals surface area contributed by atoms with Gasteiger partial charge < -0.3 is 0 Å². The van der Waals surface area contributed by atoms with Crippen LogP contribution < -0.4 is 0 Å². The van der Waals surface area contributed by atoms with Gasteiger partial charge in [0, 0.05) is 53.9 Å². The molecule has 0 spiro atoms. The fourth-order valence-electron chi connectivity index (χ4n) is 4.04. The Labute approximate surface area is 194 Å². The van der Waals surface area contributed by atoms with E-state index in [4.69, 9.17) is 9.98 Å². The topological polar surface area (TPSA) is 51.0 Å². The Bertz CT molecular complexity index is 1310. The van der Waals surface area contributed by atoms with Crippen LogP contribution in [-0.2, 0) is 0 Å². The van der Waals surface area contributed by atoms with E-state index in [1.54, 1.807) is 12.4 Å². The first kappa shape index (κ1) is 20.7. The lowest BCUT2D eigenvalue weighted by Crippen LogP contribution is -2.07. The molecule has 0 radical (unpaired) electrons. The zero-order valence-corrected chi connectivity index (χ0v) is 18.5. The lowest BCUT2D eigenvalue weighted by Gasteiger charge is -2.20. The second-order valence-corrected chi connectivity index (χ2v) is 8.07. The Morgan fingerprint density at radius 3 is 2.36 bits per heavy atom. The van der Waals surface area contributed by atoms with Crippen molar-refractivity contribution < 1.29 is 0 Å². The SMILES string of the molecule is Cc1cc(C2N=CC(c3cccnc3)=C/C2=C\C=C2C=CCC=C2)cnc1-c1cccnc1. The Balaban J connectivity index is 1.53. The molecule has 33 heavy (non-hydrogen) atoms. The molecule has 0 N–H and O–H groups in total. The van der Waals surface area contributed by atoms with Gasteiger partial charge in [0.15, 0.2) is 0 Å². The molecule has 0 bridgehead atoms. The second kappa shape index (κ2) is 9.53. The van der Waals surface area contributed by atoms with E-state index in [1.165, 1.54) is 5.57 Å². The maximum absolute atomic E-state index is 4.94. The number of hydrogen-bond donors (Lipinski definition) is 0. The van der Waals surface area contributed by atoms with Gasteiger partial charge in [0.05, 0.1) is 5.69 Å². The van der Waals surface area contributed by atoms with Gasteiger partial charge in [0.1, 0.15) is 6.04 Å². The number of pyridine rings is 3. The van der Waals surface area contributed by atoms with E-state index in [0.717, 1.165) is 45.5 Å². The van der Waals surface area contributed by atoms with E-state index in [-0.39, 0.29) is 6.04 Å². The van der Waals surface area contributed by atoms with Gasteiger partial charge in [-0.1, -0.05) is 42.5 Å². The molecular weight excluding hydrogens is 404 g/mol. The number of hydrogen-bond acceptors (Lipinski definition) is 4. The number of allylic oxidation sites excluding steroid dienone is 8. The van der Waals surface area contributed by atoms with E-state index in [2.05, 4.69) is 71.6 Å². The Hall–Kier alpha value is -4.18.